The minimum Gasteiger partial charge on any atom is -0.397 e. The van der Waals surface area contributed by atoms with Gasteiger partial charge in [-0.2, -0.15) is 0 Å². The number of carbonyl (C=O) groups excluding carboxylic acids is 1. The summed E-state index contributed by atoms with van der Waals surface area (Å²) in [5, 5.41) is 0. The van der Waals surface area contributed by atoms with Gasteiger partial charge in [0.05, 0.1) is 5.69 Å². The fraction of sp³-hybridized carbons (Fsp3) is 0.538. The normalized spacial score (nSPS) is 15.0. The minimum absolute atomic E-state index is 0.0284. The van der Waals surface area contributed by atoms with Crippen molar-refractivity contribution in [2.24, 2.45) is 5.92 Å². The Kier molecular flexibility index (Phi) is 3.31. The molecule has 0 atom stereocenters. The molecule has 0 spiro atoms. The molecule has 1 saturated carbocycles. The Morgan fingerprint density at radius 3 is 2.82 bits per heavy atom. The summed E-state index contributed by atoms with van der Waals surface area (Å²) in [6, 6.07) is 3.86. The lowest BCUT2D eigenvalue weighted by atomic mass is 10.2. The van der Waals surface area contributed by atoms with E-state index in [0.717, 1.165) is 19.4 Å². The number of hydrogen-bond donors (Lipinski definition) is 1. The SMILES string of the molecule is CC(C)CN(C(=O)c1ncccc1N)C1CC1. The van der Waals surface area contributed by atoms with Crippen LogP contribution in [-0.4, -0.2) is 28.4 Å². The first kappa shape index (κ1) is 11.9. The van der Waals surface area contributed by atoms with E-state index in [1.165, 1.54) is 0 Å². The van der Waals surface area contributed by atoms with Gasteiger partial charge in [0.2, 0.25) is 0 Å². The summed E-state index contributed by atoms with van der Waals surface area (Å²) in [5.74, 6) is 0.434. The van der Waals surface area contributed by atoms with E-state index in [2.05, 4.69) is 18.8 Å². The number of nitrogens with two attached hydrogens (primary N) is 1. The fourth-order valence-electron chi connectivity index (χ4n) is 1.91. The zero-order chi connectivity index (χ0) is 12.4. The molecule has 92 valence electrons. The van der Waals surface area contributed by atoms with Gasteiger partial charge in [-0.3, -0.25) is 4.79 Å². The van der Waals surface area contributed by atoms with Crippen LogP contribution in [0.4, 0.5) is 5.69 Å². The predicted molar refractivity (Wildman–Crippen MR) is 67.5 cm³/mol. The molecule has 1 aromatic rings. The van der Waals surface area contributed by atoms with Gasteiger partial charge in [-0.25, -0.2) is 4.98 Å². The van der Waals surface area contributed by atoms with Crippen molar-refractivity contribution in [2.75, 3.05) is 12.3 Å². The van der Waals surface area contributed by atoms with Crippen LogP contribution in [0.15, 0.2) is 18.3 Å². The molecule has 4 heteroatoms. The van der Waals surface area contributed by atoms with Gasteiger partial charge in [-0.1, -0.05) is 13.8 Å². The predicted octanol–water partition coefficient (Wildman–Crippen LogP) is 1.92. The summed E-state index contributed by atoms with van der Waals surface area (Å²) >= 11 is 0. The topological polar surface area (TPSA) is 59.2 Å². The molecule has 0 radical (unpaired) electrons. The molecule has 4 nitrogen and oxygen atoms in total. The highest BCUT2D eigenvalue weighted by Gasteiger charge is 2.34. The third-order valence-corrected chi connectivity index (χ3v) is 2.85. The second-order valence-electron chi connectivity index (χ2n) is 5.02. The van der Waals surface area contributed by atoms with Crippen molar-refractivity contribution < 1.29 is 4.79 Å². The maximum absolute atomic E-state index is 12.4. The highest BCUT2D eigenvalue weighted by Crippen LogP contribution is 2.29. The molecule has 1 aliphatic carbocycles. The van der Waals surface area contributed by atoms with Crippen LogP contribution in [0.3, 0.4) is 0 Å². The number of pyridine rings is 1. The number of rotatable bonds is 4. The molecular weight excluding hydrogens is 214 g/mol. The summed E-state index contributed by atoms with van der Waals surface area (Å²) in [6.07, 6.45) is 3.82. The minimum atomic E-state index is -0.0284. The molecule has 1 heterocycles. The van der Waals surface area contributed by atoms with Gasteiger partial charge < -0.3 is 10.6 Å². The molecule has 2 N–H and O–H groups in total. The highest BCUT2D eigenvalue weighted by molar-refractivity contribution is 5.97. The number of nitrogens with zero attached hydrogens (tertiary/aromatic N) is 2. The molecule has 1 amide bonds. The van der Waals surface area contributed by atoms with Gasteiger partial charge >= 0.3 is 0 Å². The Morgan fingerprint density at radius 1 is 1.59 bits per heavy atom. The van der Waals surface area contributed by atoms with E-state index in [1.807, 2.05) is 4.90 Å². The molecule has 0 saturated heterocycles. The zero-order valence-electron chi connectivity index (χ0n) is 10.4. The number of aromatic nitrogens is 1. The van der Waals surface area contributed by atoms with Crippen molar-refractivity contribution >= 4 is 11.6 Å². The van der Waals surface area contributed by atoms with Crippen LogP contribution < -0.4 is 5.73 Å². The summed E-state index contributed by atoms with van der Waals surface area (Å²) in [7, 11) is 0. The smallest absolute Gasteiger partial charge is 0.274 e. The maximum atomic E-state index is 12.4. The van der Waals surface area contributed by atoms with Crippen molar-refractivity contribution in [3.05, 3.63) is 24.0 Å². The molecule has 17 heavy (non-hydrogen) atoms. The van der Waals surface area contributed by atoms with E-state index >= 15 is 0 Å². The van der Waals surface area contributed by atoms with Crippen LogP contribution in [0.2, 0.25) is 0 Å². The summed E-state index contributed by atoms with van der Waals surface area (Å²) in [6.45, 7) is 5.01. The molecule has 1 aromatic heterocycles. The third kappa shape index (κ3) is 2.75. The fourth-order valence-corrected chi connectivity index (χ4v) is 1.91. The van der Waals surface area contributed by atoms with Crippen LogP contribution in [0.25, 0.3) is 0 Å². The van der Waals surface area contributed by atoms with Crippen molar-refractivity contribution in [3.8, 4) is 0 Å². The van der Waals surface area contributed by atoms with Crippen molar-refractivity contribution in [2.45, 2.75) is 32.7 Å². The number of nitrogen functional groups attached to an aromatic ring is 1. The van der Waals surface area contributed by atoms with Crippen molar-refractivity contribution in [1.82, 2.24) is 9.88 Å². The lowest BCUT2D eigenvalue weighted by molar-refractivity contribution is 0.0717. The average Bonchev–Trinajstić information content (AvgIpc) is 3.09. The van der Waals surface area contributed by atoms with Crippen LogP contribution in [0.5, 0.6) is 0 Å². The van der Waals surface area contributed by atoms with Gasteiger partial charge in [-0.05, 0) is 30.9 Å². The molecule has 1 fully saturated rings. The van der Waals surface area contributed by atoms with Gasteiger partial charge in [0.15, 0.2) is 5.69 Å². The first-order valence-electron chi connectivity index (χ1n) is 6.11. The van der Waals surface area contributed by atoms with Gasteiger partial charge in [0.25, 0.3) is 5.91 Å². The number of amides is 1. The number of hydrogen-bond acceptors (Lipinski definition) is 3. The summed E-state index contributed by atoms with van der Waals surface area (Å²) in [4.78, 5) is 18.4. The molecule has 0 aliphatic heterocycles. The number of anilines is 1. The lowest BCUT2D eigenvalue weighted by Crippen LogP contribution is -2.37. The van der Waals surface area contributed by atoms with Gasteiger partial charge in [-0.15, -0.1) is 0 Å². The van der Waals surface area contributed by atoms with E-state index < -0.39 is 0 Å². The Morgan fingerprint density at radius 2 is 2.29 bits per heavy atom. The second-order valence-corrected chi connectivity index (χ2v) is 5.02. The summed E-state index contributed by atoms with van der Waals surface area (Å²) in [5.41, 5.74) is 6.65. The van der Waals surface area contributed by atoms with Crippen molar-refractivity contribution in [3.63, 3.8) is 0 Å². The highest BCUT2D eigenvalue weighted by atomic mass is 16.2. The first-order valence-corrected chi connectivity index (χ1v) is 6.11. The zero-order valence-corrected chi connectivity index (χ0v) is 10.4. The van der Waals surface area contributed by atoms with Crippen LogP contribution in [-0.2, 0) is 0 Å². The van der Waals surface area contributed by atoms with Crippen LogP contribution in [0.1, 0.15) is 37.2 Å². The van der Waals surface area contributed by atoms with E-state index in [4.69, 9.17) is 5.73 Å². The van der Waals surface area contributed by atoms with Gasteiger partial charge in [0.1, 0.15) is 0 Å². The Hall–Kier alpha value is -1.58. The van der Waals surface area contributed by atoms with Crippen molar-refractivity contribution in [1.29, 1.82) is 0 Å². The molecule has 0 bridgehead atoms. The van der Waals surface area contributed by atoms with E-state index in [0.29, 0.717) is 23.3 Å². The monoisotopic (exact) mass is 233 g/mol. The Labute approximate surface area is 102 Å². The molecule has 2 rings (SSSR count). The molecule has 0 aromatic carbocycles. The average molecular weight is 233 g/mol. The Balaban J connectivity index is 2.19. The lowest BCUT2D eigenvalue weighted by Gasteiger charge is -2.24. The quantitative estimate of drug-likeness (QED) is 0.864. The Bertz CT molecular complexity index is 413. The third-order valence-electron chi connectivity index (χ3n) is 2.85. The van der Waals surface area contributed by atoms with E-state index in [9.17, 15) is 4.79 Å². The van der Waals surface area contributed by atoms with E-state index in [-0.39, 0.29) is 5.91 Å². The molecule has 1 aliphatic rings. The number of carbonyl (C=O) groups is 1. The first-order chi connectivity index (χ1) is 8.09. The molecule has 0 unspecified atom stereocenters. The van der Waals surface area contributed by atoms with Gasteiger partial charge in [0, 0.05) is 18.8 Å². The standard InChI is InChI=1S/C13H19N3O/c1-9(2)8-16(10-5-6-10)13(17)12-11(14)4-3-7-15-12/h3-4,7,9-10H,5-6,8,14H2,1-2H3. The second kappa shape index (κ2) is 4.73. The van der Waals surface area contributed by atoms with E-state index in [1.54, 1.807) is 18.3 Å². The maximum Gasteiger partial charge on any atom is 0.274 e. The summed E-state index contributed by atoms with van der Waals surface area (Å²) < 4.78 is 0. The van der Waals surface area contributed by atoms with Crippen LogP contribution >= 0.6 is 0 Å². The largest absolute Gasteiger partial charge is 0.397 e. The molecular formula is C13H19N3O. The van der Waals surface area contributed by atoms with Crippen LogP contribution in [0, 0.1) is 5.92 Å².